The second-order valence-corrected chi connectivity index (χ2v) is 4.90. The van der Waals surface area contributed by atoms with E-state index in [2.05, 4.69) is 10.2 Å². The highest BCUT2D eigenvalue weighted by molar-refractivity contribution is 5.17. The second kappa shape index (κ2) is 5.93. The molecule has 0 saturated heterocycles. The Balaban J connectivity index is 1.99. The highest BCUT2D eigenvalue weighted by atomic mass is 19.1. The molecule has 0 amide bonds. The van der Waals surface area contributed by atoms with Gasteiger partial charge in [-0.05, 0) is 24.0 Å². The smallest absolute Gasteiger partial charge is 0.233 e. The van der Waals surface area contributed by atoms with E-state index in [9.17, 15) is 4.39 Å². The maximum atomic E-state index is 13.4. The van der Waals surface area contributed by atoms with Gasteiger partial charge in [-0.25, -0.2) is 4.39 Å². The molecule has 0 aliphatic carbocycles. The monoisotopic (exact) mass is 263 g/mol. The van der Waals surface area contributed by atoms with Gasteiger partial charge in [-0.1, -0.05) is 32.0 Å². The molecule has 1 aromatic heterocycles. The van der Waals surface area contributed by atoms with E-state index in [0.29, 0.717) is 30.2 Å². The molecule has 1 aromatic carbocycles. The number of nitrogens with two attached hydrogens (primary N) is 1. The second-order valence-electron chi connectivity index (χ2n) is 4.90. The zero-order chi connectivity index (χ0) is 13.8. The van der Waals surface area contributed by atoms with Gasteiger partial charge in [-0.3, -0.25) is 0 Å². The first kappa shape index (κ1) is 13.7. The number of hydrogen-bond acceptors (Lipinski definition) is 4. The SMILES string of the molecule is CC(C)C(N)c1nnc(CCc2ccccc2F)o1. The van der Waals surface area contributed by atoms with Crippen molar-refractivity contribution in [3.05, 3.63) is 47.4 Å². The Morgan fingerprint density at radius 1 is 1.21 bits per heavy atom. The minimum Gasteiger partial charge on any atom is -0.424 e. The van der Waals surface area contributed by atoms with Gasteiger partial charge in [-0.15, -0.1) is 10.2 Å². The summed E-state index contributed by atoms with van der Waals surface area (Å²) in [4.78, 5) is 0. The molecule has 0 saturated carbocycles. The van der Waals surface area contributed by atoms with Crippen LogP contribution in [0.3, 0.4) is 0 Å². The summed E-state index contributed by atoms with van der Waals surface area (Å²) in [6.07, 6.45) is 1.05. The molecular weight excluding hydrogens is 245 g/mol. The Bertz CT molecular complexity index is 539. The topological polar surface area (TPSA) is 64.9 Å². The van der Waals surface area contributed by atoms with Gasteiger partial charge in [0.1, 0.15) is 5.82 Å². The van der Waals surface area contributed by atoms with Crippen molar-refractivity contribution in [2.75, 3.05) is 0 Å². The van der Waals surface area contributed by atoms with Gasteiger partial charge >= 0.3 is 0 Å². The molecular formula is C14H18FN3O. The zero-order valence-corrected chi connectivity index (χ0v) is 11.1. The lowest BCUT2D eigenvalue weighted by Crippen LogP contribution is -2.16. The first-order valence-electron chi connectivity index (χ1n) is 6.39. The number of halogens is 1. The van der Waals surface area contributed by atoms with Crippen molar-refractivity contribution in [3.8, 4) is 0 Å². The Labute approximate surface area is 111 Å². The van der Waals surface area contributed by atoms with E-state index in [4.69, 9.17) is 10.2 Å². The summed E-state index contributed by atoms with van der Waals surface area (Å²) >= 11 is 0. The summed E-state index contributed by atoms with van der Waals surface area (Å²) in [5.74, 6) is 0.967. The van der Waals surface area contributed by atoms with E-state index in [-0.39, 0.29) is 17.8 Å². The van der Waals surface area contributed by atoms with Crippen molar-refractivity contribution in [3.63, 3.8) is 0 Å². The first-order chi connectivity index (χ1) is 9.08. The Morgan fingerprint density at radius 2 is 1.95 bits per heavy atom. The van der Waals surface area contributed by atoms with E-state index in [1.54, 1.807) is 12.1 Å². The predicted molar refractivity (Wildman–Crippen MR) is 69.9 cm³/mol. The van der Waals surface area contributed by atoms with Crippen LogP contribution in [0.5, 0.6) is 0 Å². The average Bonchev–Trinajstić information content (AvgIpc) is 2.85. The maximum absolute atomic E-state index is 13.4. The number of aromatic nitrogens is 2. The summed E-state index contributed by atoms with van der Waals surface area (Å²) in [6.45, 7) is 3.99. The van der Waals surface area contributed by atoms with Crippen LogP contribution < -0.4 is 5.73 Å². The van der Waals surface area contributed by atoms with Gasteiger partial charge in [0.05, 0.1) is 6.04 Å². The van der Waals surface area contributed by atoms with E-state index in [1.165, 1.54) is 6.07 Å². The Morgan fingerprint density at radius 3 is 2.63 bits per heavy atom. The molecule has 2 rings (SSSR count). The van der Waals surface area contributed by atoms with Crippen LogP contribution in [0.1, 0.15) is 37.2 Å². The summed E-state index contributed by atoms with van der Waals surface area (Å²) in [7, 11) is 0. The molecule has 5 heteroatoms. The van der Waals surface area contributed by atoms with E-state index < -0.39 is 0 Å². The highest BCUT2D eigenvalue weighted by Crippen LogP contribution is 2.18. The molecule has 2 N–H and O–H groups in total. The molecule has 19 heavy (non-hydrogen) atoms. The normalized spacial score (nSPS) is 12.9. The standard InChI is InChI=1S/C14H18FN3O/c1-9(2)13(16)14-18-17-12(19-14)8-7-10-5-3-4-6-11(10)15/h3-6,9,13H,7-8,16H2,1-2H3. The van der Waals surface area contributed by atoms with E-state index in [0.717, 1.165) is 0 Å². The molecule has 0 aliphatic heterocycles. The Hall–Kier alpha value is -1.75. The summed E-state index contributed by atoms with van der Waals surface area (Å²) < 4.78 is 18.9. The van der Waals surface area contributed by atoms with E-state index >= 15 is 0 Å². The van der Waals surface area contributed by atoms with Gasteiger partial charge in [0.25, 0.3) is 0 Å². The molecule has 0 radical (unpaired) electrons. The fourth-order valence-corrected chi connectivity index (χ4v) is 1.73. The Kier molecular flexibility index (Phi) is 4.27. The summed E-state index contributed by atoms with van der Waals surface area (Å²) in [5, 5.41) is 7.88. The van der Waals surface area contributed by atoms with Crippen molar-refractivity contribution in [2.24, 2.45) is 11.7 Å². The molecule has 2 aromatic rings. The molecule has 102 valence electrons. The minimum absolute atomic E-state index is 0.207. The largest absolute Gasteiger partial charge is 0.424 e. The number of nitrogens with zero attached hydrogens (tertiary/aromatic N) is 2. The predicted octanol–water partition coefficient (Wildman–Crippen LogP) is 2.65. The van der Waals surface area contributed by atoms with Crippen molar-refractivity contribution in [1.82, 2.24) is 10.2 Å². The third-order valence-corrected chi connectivity index (χ3v) is 3.05. The van der Waals surface area contributed by atoms with Crippen LogP contribution in [-0.2, 0) is 12.8 Å². The molecule has 0 fully saturated rings. The highest BCUT2D eigenvalue weighted by Gasteiger charge is 2.17. The van der Waals surface area contributed by atoms with Crippen molar-refractivity contribution in [2.45, 2.75) is 32.7 Å². The molecule has 1 unspecified atom stereocenters. The molecule has 0 aliphatic rings. The number of aryl methyl sites for hydroxylation is 2. The minimum atomic E-state index is -0.255. The molecule has 1 heterocycles. The lowest BCUT2D eigenvalue weighted by atomic mass is 10.1. The van der Waals surface area contributed by atoms with Crippen molar-refractivity contribution < 1.29 is 8.81 Å². The molecule has 1 atom stereocenters. The summed E-state index contributed by atoms with van der Waals surface area (Å²) in [6, 6.07) is 6.43. The van der Waals surface area contributed by atoms with Crippen LogP contribution >= 0.6 is 0 Å². The summed E-state index contributed by atoms with van der Waals surface area (Å²) in [5.41, 5.74) is 6.57. The third kappa shape index (κ3) is 3.38. The van der Waals surface area contributed by atoms with Crippen LogP contribution in [0.2, 0.25) is 0 Å². The van der Waals surface area contributed by atoms with E-state index in [1.807, 2.05) is 19.9 Å². The third-order valence-electron chi connectivity index (χ3n) is 3.05. The number of benzene rings is 1. The van der Waals surface area contributed by atoms with Crippen LogP contribution in [0, 0.1) is 11.7 Å². The van der Waals surface area contributed by atoms with Gasteiger partial charge in [0.2, 0.25) is 11.8 Å². The van der Waals surface area contributed by atoms with Crippen molar-refractivity contribution in [1.29, 1.82) is 0 Å². The van der Waals surface area contributed by atoms with Gasteiger partial charge < -0.3 is 10.2 Å². The van der Waals surface area contributed by atoms with Crippen LogP contribution in [0.15, 0.2) is 28.7 Å². The quantitative estimate of drug-likeness (QED) is 0.900. The molecule has 0 bridgehead atoms. The average molecular weight is 263 g/mol. The molecule has 4 nitrogen and oxygen atoms in total. The first-order valence-corrected chi connectivity index (χ1v) is 6.39. The van der Waals surface area contributed by atoms with Crippen LogP contribution in [-0.4, -0.2) is 10.2 Å². The van der Waals surface area contributed by atoms with Gasteiger partial charge in [-0.2, -0.15) is 0 Å². The lowest BCUT2D eigenvalue weighted by Gasteiger charge is -2.09. The number of hydrogen-bond donors (Lipinski definition) is 1. The lowest BCUT2D eigenvalue weighted by molar-refractivity contribution is 0.370. The fourth-order valence-electron chi connectivity index (χ4n) is 1.73. The maximum Gasteiger partial charge on any atom is 0.233 e. The van der Waals surface area contributed by atoms with Gasteiger partial charge in [0, 0.05) is 6.42 Å². The number of rotatable bonds is 5. The van der Waals surface area contributed by atoms with Crippen LogP contribution in [0.25, 0.3) is 0 Å². The van der Waals surface area contributed by atoms with Gasteiger partial charge in [0.15, 0.2) is 0 Å². The molecule has 0 spiro atoms. The fraction of sp³-hybridized carbons (Fsp3) is 0.429. The van der Waals surface area contributed by atoms with Crippen LogP contribution in [0.4, 0.5) is 4.39 Å². The van der Waals surface area contributed by atoms with Crippen molar-refractivity contribution >= 4 is 0 Å². The zero-order valence-electron chi connectivity index (χ0n) is 11.1.